The van der Waals surface area contributed by atoms with Crippen molar-refractivity contribution in [2.24, 2.45) is 0 Å². The Hall–Kier alpha value is -4.63. The Balaban J connectivity index is 1.40. The largest absolute Gasteiger partial charge is 0.464 e. The third-order valence-electron chi connectivity index (χ3n) is 5.49. The zero-order valence-corrected chi connectivity index (χ0v) is 20.2. The number of amides is 1. The SMILES string of the molecule is COC(=O)c1cn(CC(=O)NCc2ccc(S(=O)(=O)Nc3ccc(C)c4c(C#N)c[nH]c34)cc2)cn1. The molecule has 12 heteroatoms. The van der Waals surface area contributed by atoms with Crippen LogP contribution in [0.2, 0.25) is 0 Å². The fourth-order valence-corrected chi connectivity index (χ4v) is 4.73. The van der Waals surface area contributed by atoms with Crippen LogP contribution in [-0.4, -0.2) is 41.9 Å². The molecule has 0 radical (unpaired) electrons. The normalized spacial score (nSPS) is 11.1. The molecule has 4 rings (SSSR count). The summed E-state index contributed by atoms with van der Waals surface area (Å²) < 4.78 is 34.5. The Morgan fingerprint density at radius 2 is 1.94 bits per heavy atom. The van der Waals surface area contributed by atoms with Gasteiger partial charge in [-0.2, -0.15) is 5.26 Å². The predicted molar refractivity (Wildman–Crippen MR) is 130 cm³/mol. The number of ether oxygens (including phenoxy) is 1. The van der Waals surface area contributed by atoms with Crippen molar-refractivity contribution < 1.29 is 22.7 Å². The first kappa shape index (κ1) is 24.5. The van der Waals surface area contributed by atoms with Crippen molar-refractivity contribution in [1.29, 1.82) is 5.26 Å². The van der Waals surface area contributed by atoms with Crippen LogP contribution in [0.3, 0.4) is 0 Å². The Morgan fingerprint density at radius 1 is 1.19 bits per heavy atom. The molecule has 0 fully saturated rings. The van der Waals surface area contributed by atoms with Gasteiger partial charge in [0.05, 0.1) is 35.1 Å². The molecule has 0 unspecified atom stereocenters. The van der Waals surface area contributed by atoms with Gasteiger partial charge in [0.25, 0.3) is 10.0 Å². The standard InChI is InChI=1S/C24H22N6O5S/c1-15-3-8-19(23-22(15)17(9-25)11-27-23)29-36(33,34)18-6-4-16(5-7-18)10-26-21(31)13-30-12-20(28-14-30)24(32)35-2/h3-8,11-12,14,27,29H,10,13H2,1-2H3,(H,26,31). The molecule has 0 saturated heterocycles. The van der Waals surface area contributed by atoms with E-state index in [1.807, 2.05) is 6.92 Å². The van der Waals surface area contributed by atoms with Gasteiger partial charge in [-0.3, -0.25) is 9.52 Å². The van der Waals surface area contributed by atoms with Crippen LogP contribution >= 0.6 is 0 Å². The number of carbonyl (C=O) groups is 2. The maximum absolute atomic E-state index is 13.0. The molecule has 2 aromatic heterocycles. The zero-order valence-electron chi connectivity index (χ0n) is 19.4. The van der Waals surface area contributed by atoms with Crippen LogP contribution in [0, 0.1) is 18.3 Å². The minimum Gasteiger partial charge on any atom is -0.464 e. The van der Waals surface area contributed by atoms with E-state index in [9.17, 15) is 23.3 Å². The maximum atomic E-state index is 13.0. The molecular weight excluding hydrogens is 484 g/mol. The lowest BCUT2D eigenvalue weighted by Crippen LogP contribution is -2.26. The Bertz CT molecular complexity index is 1600. The summed E-state index contributed by atoms with van der Waals surface area (Å²) in [6.07, 6.45) is 4.31. The molecule has 0 spiro atoms. The van der Waals surface area contributed by atoms with Crippen LogP contribution in [0.15, 0.2) is 60.0 Å². The van der Waals surface area contributed by atoms with Crippen molar-refractivity contribution in [3.63, 3.8) is 0 Å². The van der Waals surface area contributed by atoms with Crippen LogP contribution in [-0.2, 0) is 32.6 Å². The first-order valence-corrected chi connectivity index (χ1v) is 12.2. The zero-order chi connectivity index (χ0) is 25.9. The van der Waals surface area contributed by atoms with E-state index >= 15 is 0 Å². The Labute approximate surface area is 206 Å². The average Bonchev–Trinajstić information content (AvgIpc) is 3.52. The lowest BCUT2D eigenvalue weighted by molar-refractivity contribution is -0.121. The lowest BCUT2D eigenvalue weighted by atomic mass is 10.1. The van der Waals surface area contributed by atoms with Crippen molar-refractivity contribution in [1.82, 2.24) is 19.9 Å². The van der Waals surface area contributed by atoms with Gasteiger partial charge in [-0.05, 0) is 36.2 Å². The number of esters is 1. The van der Waals surface area contributed by atoms with Gasteiger partial charge in [0.1, 0.15) is 12.6 Å². The molecular formula is C24H22N6O5S. The molecule has 3 N–H and O–H groups in total. The number of imidazole rings is 1. The third-order valence-corrected chi connectivity index (χ3v) is 6.87. The molecule has 0 aliphatic heterocycles. The quantitative estimate of drug-likeness (QED) is 0.310. The van der Waals surface area contributed by atoms with E-state index in [2.05, 4.69) is 30.8 Å². The molecule has 36 heavy (non-hydrogen) atoms. The predicted octanol–water partition coefficient (Wildman–Crippen LogP) is 2.45. The van der Waals surface area contributed by atoms with Gasteiger partial charge >= 0.3 is 5.97 Å². The molecule has 11 nitrogen and oxygen atoms in total. The number of nitrogens with zero attached hydrogens (tertiary/aromatic N) is 3. The number of nitrogens with one attached hydrogen (secondary N) is 3. The highest BCUT2D eigenvalue weighted by Gasteiger charge is 2.18. The van der Waals surface area contributed by atoms with E-state index in [0.717, 1.165) is 5.56 Å². The number of hydrogen-bond acceptors (Lipinski definition) is 7. The number of aryl methyl sites for hydroxylation is 1. The summed E-state index contributed by atoms with van der Waals surface area (Å²) in [5, 5.41) is 12.7. The average molecular weight is 507 g/mol. The number of H-pyrrole nitrogens is 1. The maximum Gasteiger partial charge on any atom is 0.358 e. The summed E-state index contributed by atoms with van der Waals surface area (Å²) in [5.74, 6) is -0.904. The van der Waals surface area contributed by atoms with Crippen molar-refractivity contribution in [2.45, 2.75) is 24.9 Å². The van der Waals surface area contributed by atoms with Crippen LogP contribution in [0.4, 0.5) is 5.69 Å². The topological polar surface area (TPSA) is 159 Å². The number of rotatable bonds is 8. The van der Waals surface area contributed by atoms with Crippen LogP contribution in [0.1, 0.15) is 27.2 Å². The molecule has 4 aromatic rings. The fourth-order valence-electron chi connectivity index (χ4n) is 3.66. The van der Waals surface area contributed by atoms with E-state index < -0.39 is 16.0 Å². The second-order valence-electron chi connectivity index (χ2n) is 7.94. The summed E-state index contributed by atoms with van der Waals surface area (Å²) in [7, 11) is -2.65. The van der Waals surface area contributed by atoms with E-state index in [-0.39, 0.29) is 29.6 Å². The number of aromatic nitrogens is 3. The fraction of sp³-hybridized carbons (Fsp3) is 0.167. The Morgan fingerprint density at radius 3 is 2.64 bits per heavy atom. The van der Waals surface area contributed by atoms with Gasteiger partial charge in [-0.25, -0.2) is 18.2 Å². The van der Waals surface area contributed by atoms with Crippen molar-refractivity contribution in [3.05, 3.63) is 77.5 Å². The van der Waals surface area contributed by atoms with Crippen LogP contribution in [0.5, 0.6) is 0 Å². The van der Waals surface area contributed by atoms with E-state index in [0.29, 0.717) is 27.7 Å². The number of anilines is 1. The summed E-state index contributed by atoms with van der Waals surface area (Å²) >= 11 is 0. The molecule has 0 saturated carbocycles. The molecule has 0 bridgehead atoms. The molecule has 2 heterocycles. The van der Waals surface area contributed by atoms with Gasteiger partial charge in [-0.1, -0.05) is 18.2 Å². The summed E-state index contributed by atoms with van der Waals surface area (Å²) in [6.45, 7) is 1.99. The highest BCUT2D eigenvalue weighted by molar-refractivity contribution is 7.92. The van der Waals surface area contributed by atoms with Gasteiger partial charge in [0.15, 0.2) is 5.69 Å². The highest BCUT2D eigenvalue weighted by atomic mass is 32.2. The van der Waals surface area contributed by atoms with Crippen molar-refractivity contribution in [2.75, 3.05) is 11.8 Å². The molecule has 1 amide bonds. The highest BCUT2D eigenvalue weighted by Crippen LogP contribution is 2.30. The number of carbonyl (C=O) groups excluding carboxylic acids is 2. The van der Waals surface area contributed by atoms with Gasteiger partial charge in [0, 0.05) is 24.3 Å². The van der Waals surface area contributed by atoms with Gasteiger partial charge in [-0.15, -0.1) is 0 Å². The number of fused-ring (bicyclic) bond motifs is 1. The van der Waals surface area contributed by atoms with E-state index in [1.165, 1.54) is 36.3 Å². The van der Waals surface area contributed by atoms with Crippen LogP contribution in [0.25, 0.3) is 10.9 Å². The Kier molecular flexibility index (Phi) is 6.75. The van der Waals surface area contributed by atoms with E-state index in [4.69, 9.17) is 0 Å². The molecule has 2 aromatic carbocycles. The summed E-state index contributed by atoms with van der Waals surface area (Å²) in [6, 6.07) is 11.6. The number of hydrogen-bond donors (Lipinski definition) is 3. The van der Waals surface area contributed by atoms with Gasteiger partial charge < -0.3 is 19.6 Å². The third kappa shape index (κ3) is 5.06. The number of nitriles is 1. The monoisotopic (exact) mass is 506 g/mol. The first-order chi connectivity index (χ1) is 17.2. The minimum absolute atomic E-state index is 0.0440. The molecule has 0 atom stereocenters. The first-order valence-electron chi connectivity index (χ1n) is 10.7. The molecule has 0 aliphatic carbocycles. The minimum atomic E-state index is -3.90. The number of aromatic amines is 1. The molecule has 184 valence electrons. The second kappa shape index (κ2) is 9.93. The van der Waals surface area contributed by atoms with Crippen LogP contribution < -0.4 is 10.0 Å². The summed E-state index contributed by atoms with van der Waals surface area (Å²) in [5.41, 5.74) is 2.96. The van der Waals surface area contributed by atoms with Crippen molar-refractivity contribution in [3.8, 4) is 6.07 Å². The lowest BCUT2D eigenvalue weighted by Gasteiger charge is -2.11. The number of sulfonamides is 1. The molecule has 0 aliphatic rings. The number of benzene rings is 2. The summed E-state index contributed by atoms with van der Waals surface area (Å²) in [4.78, 5) is 30.6. The van der Waals surface area contributed by atoms with Gasteiger partial charge in [0.2, 0.25) is 5.91 Å². The smallest absolute Gasteiger partial charge is 0.358 e. The van der Waals surface area contributed by atoms with E-state index in [1.54, 1.807) is 30.5 Å². The second-order valence-corrected chi connectivity index (χ2v) is 9.63. The number of methoxy groups -OCH3 is 1. The van der Waals surface area contributed by atoms with Crippen molar-refractivity contribution >= 4 is 38.5 Å².